The Balaban J connectivity index is 1.57. The molecule has 11 nitrogen and oxygen atoms in total. The zero-order valence-corrected chi connectivity index (χ0v) is 19.3. The van der Waals surface area contributed by atoms with Crippen molar-refractivity contribution in [1.29, 1.82) is 0 Å². The van der Waals surface area contributed by atoms with Gasteiger partial charge in [-0.15, -0.1) is 0 Å². The Morgan fingerprint density at radius 2 is 1.79 bits per heavy atom. The van der Waals surface area contributed by atoms with Gasteiger partial charge in [0.1, 0.15) is 17.2 Å². The van der Waals surface area contributed by atoms with E-state index in [0.717, 1.165) is 11.4 Å². The Bertz CT molecular complexity index is 1140. The summed E-state index contributed by atoms with van der Waals surface area (Å²) in [5.41, 5.74) is 3.95. The average Bonchev–Trinajstić information content (AvgIpc) is 2.83. The fourth-order valence-electron chi connectivity index (χ4n) is 3.01. The summed E-state index contributed by atoms with van der Waals surface area (Å²) in [6, 6.07) is 10.1. The maximum absolute atomic E-state index is 9.99. The van der Waals surface area contributed by atoms with Crippen molar-refractivity contribution >= 4 is 45.7 Å². The number of hydrogen-bond donors (Lipinski definition) is 4. The van der Waals surface area contributed by atoms with Crippen molar-refractivity contribution in [2.75, 3.05) is 49.1 Å². The first-order valence-electron chi connectivity index (χ1n) is 10.0. The van der Waals surface area contributed by atoms with Crippen LogP contribution in [0.2, 0.25) is 0 Å². The van der Waals surface area contributed by atoms with E-state index in [0.29, 0.717) is 48.2 Å². The molecule has 1 fully saturated rings. The molecule has 4 rings (SSSR count). The Labute approximate surface area is 198 Å². The lowest BCUT2D eigenvalue weighted by atomic mass is 10.2. The molecule has 12 heteroatoms. The second-order valence-corrected chi connectivity index (χ2v) is 7.82. The van der Waals surface area contributed by atoms with E-state index in [2.05, 4.69) is 46.7 Å². The van der Waals surface area contributed by atoms with Crippen LogP contribution in [0.25, 0.3) is 0 Å². The van der Waals surface area contributed by atoms with E-state index >= 15 is 0 Å². The van der Waals surface area contributed by atoms with Crippen LogP contribution in [0.3, 0.4) is 0 Å². The van der Waals surface area contributed by atoms with Crippen molar-refractivity contribution in [3.05, 3.63) is 46.4 Å². The number of rotatable bonds is 7. The highest BCUT2D eigenvalue weighted by atomic mass is 79.9. The summed E-state index contributed by atoms with van der Waals surface area (Å²) in [6.07, 6.45) is 1.40. The SMILES string of the molecule is COc1ccc(Nc2nc(NN=Cc3cc(Br)c(O)cc3O)nc(N3CCOCC3)n2)cc1. The summed E-state index contributed by atoms with van der Waals surface area (Å²) in [5.74, 6) is 1.59. The van der Waals surface area contributed by atoms with E-state index in [1.807, 2.05) is 29.2 Å². The number of nitrogens with one attached hydrogen (secondary N) is 2. The number of anilines is 4. The van der Waals surface area contributed by atoms with Crippen LogP contribution in [0.15, 0.2) is 46.0 Å². The molecule has 1 saturated heterocycles. The molecule has 0 atom stereocenters. The predicted molar refractivity (Wildman–Crippen MR) is 128 cm³/mol. The normalized spacial score (nSPS) is 13.8. The van der Waals surface area contributed by atoms with Crippen LogP contribution in [-0.4, -0.2) is 64.8 Å². The summed E-state index contributed by atoms with van der Waals surface area (Å²) >= 11 is 3.21. The molecule has 172 valence electrons. The number of morpholine rings is 1. The van der Waals surface area contributed by atoms with E-state index < -0.39 is 0 Å². The largest absolute Gasteiger partial charge is 0.507 e. The molecule has 3 aromatic rings. The molecule has 2 heterocycles. The number of phenolic OH excluding ortho intramolecular Hbond substituents is 2. The molecule has 0 unspecified atom stereocenters. The van der Waals surface area contributed by atoms with E-state index in [1.165, 1.54) is 12.3 Å². The number of halogens is 1. The van der Waals surface area contributed by atoms with Crippen molar-refractivity contribution in [1.82, 2.24) is 15.0 Å². The molecular weight excluding hydrogens is 494 g/mol. The number of aromatic nitrogens is 3. The molecule has 1 aliphatic heterocycles. The van der Waals surface area contributed by atoms with Gasteiger partial charge in [-0.25, -0.2) is 5.43 Å². The molecule has 0 spiro atoms. The van der Waals surface area contributed by atoms with E-state index in [-0.39, 0.29) is 17.4 Å². The van der Waals surface area contributed by atoms with Crippen molar-refractivity contribution in [3.63, 3.8) is 0 Å². The molecule has 0 radical (unpaired) electrons. The third-order valence-corrected chi connectivity index (χ3v) is 5.36. The minimum absolute atomic E-state index is 0.0699. The number of methoxy groups -OCH3 is 1. The van der Waals surface area contributed by atoms with Gasteiger partial charge >= 0.3 is 0 Å². The average molecular weight is 516 g/mol. The van der Waals surface area contributed by atoms with Crippen LogP contribution in [0.1, 0.15) is 5.56 Å². The van der Waals surface area contributed by atoms with Gasteiger partial charge in [-0.1, -0.05) is 0 Å². The molecule has 1 aromatic heterocycles. The summed E-state index contributed by atoms with van der Waals surface area (Å²) in [7, 11) is 1.61. The fraction of sp³-hybridized carbons (Fsp3) is 0.238. The van der Waals surface area contributed by atoms with Crippen LogP contribution in [-0.2, 0) is 4.74 Å². The first-order valence-corrected chi connectivity index (χ1v) is 10.8. The first kappa shape index (κ1) is 22.6. The molecule has 33 heavy (non-hydrogen) atoms. The number of phenols is 2. The predicted octanol–water partition coefficient (Wildman–Crippen LogP) is 3.08. The highest BCUT2D eigenvalue weighted by Crippen LogP contribution is 2.30. The number of benzene rings is 2. The quantitative estimate of drug-likeness (QED) is 0.274. The molecule has 0 bridgehead atoms. The second-order valence-electron chi connectivity index (χ2n) is 6.97. The van der Waals surface area contributed by atoms with Crippen molar-refractivity contribution in [2.45, 2.75) is 0 Å². The van der Waals surface area contributed by atoms with E-state index in [1.54, 1.807) is 13.2 Å². The Morgan fingerprint density at radius 3 is 2.52 bits per heavy atom. The monoisotopic (exact) mass is 515 g/mol. The lowest BCUT2D eigenvalue weighted by Crippen LogP contribution is -2.37. The van der Waals surface area contributed by atoms with Crippen molar-refractivity contribution in [2.24, 2.45) is 5.10 Å². The maximum atomic E-state index is 9.99. The summed E-state index contributed by atoms with van der Waals surface area (Å²) in [6.45, 7) is 2.49. The van der Waals surface area contributed by atoms with Crippen LogP contribution >= 0.6 is 15.9 Å². The van der Waals surface area contributed by atoms with Gasteiger partial charge in [-0.05, 0) is 46.3 Å². The zero-order chi connectivity index (χ0) is 23.2. The fourth-order valence-corrected chi connectivity index (χ4v) is 3.37. The number of aromatic hydroxyl groups is 2. The van der Waals surface area contributed by atoms with Gasteiger partial charge in [0.15, 0.2) is 0 Å². The van der Waals surface area contributed by atoms with Crippen molar-refractivity contribution < 1.29 is 19.7 Å². The van der Waals surface area contributed by atoms with Crippen LogP contribution in [0.4, 0.5) is 23.5 Å². The standard InChI is InChI=1S/C21H22BrN7O4/c1-32-15-4-2-14(3-5-15)24-19-25-20(27-21(26-19)29-6-8-33-9-7-29)28-23-12-13-10-16(22)18(31)11-17(13)30/h2-5,10-12,30-31H,6-9H2,1H3,(H2,24,25,26,27,28). The van der Waals surface area contributed by atoms with E-state index in [9.17, 15) is 10.2 Å². The highest BCUT2D eigenvalue weighted by molar-refractivity contribution is 9.10. The first-order chi connectivity index (χ1) is 16.0. The van der Waals surface area contributed by atoms with Gasteiger partial charge in [0.2, 0.25) is 17.8 Å². The van der Waals surface area contributed by atoms with Gasteiger partial charge in [0, 0.05) is 30.4 Å². The molecule has 0 saturated carbocycles. The van der Waals surface area contributed by atoms with Gasteiger partial charge in [-0.2, -0.15) is 20.1 Å². The van der Waals surface area contributed by atoms with Crippen LogP contribution in [0.5, 0.6) is 17.2 Å². The topological polar surface area (TPSA) is 137 Å². The highest BCUT2D eigenvalue weighted by Gasteiger charge is 2.17. The number of hydrazone groups is 1. The van der Waals surface area contributed by atoms with Crippen molar-refractivity contribution in [3.8, 4) is 17.2 Å². The van der Waals surface area contributed by atoms with E-state index in [4.69, 9.17) is 9.47 Å². The molecule has 1 aliphatic rings. The van der Waals surface area contributed by atoms with Gasteiger partial charge < -0.3 is 29.9 Å². The van der Waals surface area contributed by atoms with Gasteiger partial charge in [0.05, 0.1) is 31.0 Å². The third-order valence-electron chi connectivity index (χ3n) is 4.73. The molecule has 0 aliphatic carbocycles. The Morgan fingerprint density at radius 1 is 1.06 bits per heavy atom. The maximum Gasteiger partial charge on any atom is 0.250 e. The van der Waals surface area contributed by atoms with Gasteiger partial charge in [0.25, 0.3) is 0 Å². The lowest BCUT2D eigenvalue weighted by Gasteiger charge is -2.27. The molecule has 0 amide bonds. The zero-order valence-electron chi connectivity index (χ0n) is 17.7. The van der Waals surface area contributed by atoms with Crippen LogP contribution in [0, 0.1) is 0 Å². The summed E-state index contributed by atoms with van der Waals surface area (Å²) in [4.78, 5) is 15.4. The number of nitrogens with zero attached hydrogens (tertiary/aromatic N) is 5. The molecular formula is C21H22BrN7O4. The summed E-state index contributed by atoms with van der Waals surface area (Å²) < 4.78 is 11.0. The molecule has 4 N–H and O–H groups in total. The summed E-state index contributed by atoms with van der Waals surface area (Å²) in [5, 5.41) is 26.9. The second kappa shape index (κ2) is 10.3. The third kappa shape index (κ3) is 5.79. The smallest absolute Gasteiger partial charge is 0.250 e. The van der Waals surface area contributed by atoms with Gasteiger partial charge in [-0.3, -0.25) is 0 Å². The minimum atomic E-state index is -0.118. The number of ether oxygens (including phenoxy) is 2. The van der Waals surface area contributed by atoms with Crippen LogP contribution < -0.4 is 20.4 Å². The Kier molecular flexibility index (Phi) is 7.05. The minimum Gasteiger partial charge on any atom is -0.507 e. The lowest BCUT2D eigenvalue weighted by molar-refractivity contribution is 0.122. The molecule has 2 aromatic carbocycles. The number of hydrogen-bond acceptors (Lipinski definition) is 11. The Hall–Kier alpha value is -3.64.